The first-order valence-electron chi connectivity index (χ1n) is 5.91. The summed E-state index contributed by atoms with van der Waals surface area (Å²) < 4.78 is 2.31. The Labute approximate surface area is 119 Å². The Kier molecular flexibility index (Phi) is 3.89. The number of phenols is 1. The molecule has 0 bridgehead atoms. The third-order valence-electron chi connectivity index (χ3n) is 3.12. The molecule has 2 aromatic rings. The lowest BCUT2D eigenvalue weighted by Crippen LogP contribution is -2.23. The molecule has 1 aromatic heterocycles. The molecular formula is C13H15IN2O2. The predicted octanol–water partition coefficient (Wildman–Crippen LogP) is 2.75. The van der Waals surface area contributed by atoms with Gasteiger partial charge in [0.05, 0.1) is 15.3 Å². The van der Waals surface area contributed by atoms with Gasteiger partial charge in [0.2, 0.25) is 0 Å². The van der Waals surface area contributed by atoms with E-state index in [1.165, 1.54) is 6.33 Å². The standard InChI is InChI=1S/C13H15IN2O2/c1-3-8(2)6-16-7-15-11-9(13(16)18)4-5-10(14)12(11)17/h4-5,7-8,17H,3,6H2,1-2H3. The molecule has 4 nitrogen and oxygen atoms in total. The van der Waals surface area contributed by atoms with Crippen LogP contribution in [0.3, 0.4) is 0 Å². The van der Waals surface area contributed by atoms with Crippen LogP contribution in [0.1, 0.15) is 20.3 Å². The largest absolute Gasteiger partial charge is 0.505 e. The lowest BCUT2D eigenvalue weighted by atomic mass is 10.1. The van der Waals surface area contributed by atoms with Gasteiger partial charge in [-0.25, -0.2) is 4.98 Å². The number of aromatic hydroxyl groups is 1. The number of nitrogens with zero attached hydrogens (tertiary/aromatic N) is 2. The van der Waals surface area contributed by atoms with Crippen molar-refractivity contribution in [1.82, 2.24) is 9.55 Å². The molecule has 0 aliphatic rings. The molecule has 1 aromatic carbocycles. The van der Waals surface area contributed by atoms with Crippen molar-refractivity contribution in [3.63, 3.8) is 0 Å². The van der Waals surface area contributed by atoms with E-state index in [2.05, 4.69) is 18.8 Å². The maximum Gasteiger partial charge on any atom is 0.261 e. The summed E-state index contributed by atoms with van der Waals surface area (Å²) in [6, 6.07) is 3.45. The highest BCUT2D eigenvalue weighted by Gasteiger charge is 2.11. The zero-order valence-corrected chi connectivity index (χ0v) is 12.5. The van der Waals surface area contributed by atoms with E-state index >= 15 is 0 Å². The minimum absolute atomic E-state index is 0.0842. The Morgan fingerprint density at radius 3 is 2.89 bits per heavy atom. The van der Waals surface area contributed by atoms with Gasteiger partial charge in [-0.3, -0.25) is 9.36 Å². The van der Waals surface area contributed by atoms with Crippen LogP contribution < -0.4 is 5.56 Å². The summed E-state index contributed by atoms with van der Waals surface area (Å²) in [5.41, 5.74) is 0.291. The average molecular weight is 358 g/mol. The fourth-order valence-corrected chi connectivity index (χ4v) is 2.22. The Morgan fingerprint density at radius 2 is 2.22 bits per heavy atom. The van der Waals surface area contributed by atoms with Crippen LogP contribution in [0.5, 0.6) is 5.75 Å². The first kappa shape index (κ1) is 13.3. The molecule has 0 spiro atoms. The van der Waals surface area contributed by atoms with Crippen LogP contribution in [-0.2, 0) is 6.54 Å². The van der Waals surface area contributed by atoms with Crippen molar-refractivity contribution >= 4 is 33.5 Å². The molecule has 2 rings (SSSR count). The molecule has 0 aliphatic carbocycles. The summed E-state index contributed by atoms with van der Waals surface area (Å²) >= 11 is 2.02. The summed E-state index contributed by atoms with van der Waals surface area (Å²) in [5, 5.41) is 10.4. The zero-order chi connectivity index (χ0) is 13.3. The lowest BCUT2D eigenvalue weighted by Gasteiger charge is -2.11. The van der Waals surface area contributed by atoms with Crippen molar-refractivity contribution in [3.05, 3.63) is 32.4 Å². The van der Waals surface area contributed by atoms with Crippen LogP contribution in [0.25, 0.3) is 10.9 Å². The van der Waals surface area contributed by atoms with Gasteiger partial charge in [0.1, 0.15) is 5.52 Å². The third kappa shape index (κ3) is 2.36. The second-order valence-corrected chi connectivity index (χ2v) is 5.67. The molecule has 0 amide bonds. The van der Waals surface area contributed by atoms with Crippen LogP contribution in [-0.4, -0.2) is 14.7 Å². The molecule has 5 heteroatoms. The highest BCUT2D eigenvalue weighted by Crippen LogP contribution is 2.26. The molecule has 0 radical (unpaired) electrons. The highest BCUT2D eigenvalue weighted by molar-refractivity contribution is 14.1. The molecule has 1 unspecified atom stereocenters. The van der Waals surface area contributed by atoms with E-state index in [1.54, 1.807) is 16.7 Å². The minimum atomic E-state index is -0.0907. The topological polar surface area (TPSA) is 55.1 Å². The van der Waals surface area contributed by atoms with Crippen molar-refractivity contribution < 1.29 is 5.11 Å². The Hall–Kier alpha value is -1.11. The van der Waals surface area contributed by atoms with Crippen molar-refractivity contribution in [1.29, 1.82) is 0 Å². The van der Waals surface area contributed by atoms with Gasteiger partial charge in [-0.2, -0.15) is 0 Å². The quantitative estimate of drug-likeness (QED) is 0.859. The van der Waals surface area contributed by atoms with Gasteiger partial charge in [-0.05, 0) is 40.6 Å². The van der Waals surface area contributed by atoms with Crippen LogP contribution in [0.2, 0.25) is 0 Å². The first-order chi connectivity index (χ1) is 8.54. The smallest absolute Gasteiger partial charge is 0.261 e. The van der Waals surface area contributed by atoms with Crippen molar-refractivity contribution in [2.45, 2.75) is 26.8 Å². The van der Waals surface area contributed by atoms with E-state index in [1.807, 2.05) is 22.6 Å². The minimum Gasteiger partial charge on any atom is -0.505 e. The maximum absolute atomic E-state index is 12.3. The fraction of sp³-hybridized carbons (Fsp3) is 0.385. The fourth-order valence-electron chi connectivity index (χ4n) is 1.79. The summed E-state index contributed by atoms with van der Waals surface area (Å²) in [4.78, 5) is 16.5. The first-order valence-corrected chi connectivity index (χ1v) is 6.99. The monoisotopic (exact) mass is 358 g/mol. The van der Waals surface area contributed by atoms with Crippen LogP contribution in [0.4, 0.5) is 0 Å². The molecule has 96 valence electrons. The van der Waals surface area contributed by atoms with Crippen molar-refractivity contribution in [3.8, 4) is 5.75 Å². The van der Waals surface area contributed by atoms with E-state index in [0.717, 1.165) is 6.42 Å². The van der Waals surface area contributed by atoms with Gasteiger partial charge in [-0.1, -0.05) is 20.3 Å². The van der Waals surface area contributed by atoms with E-state index in [-0.39, 0.29) is 11.3 Å². The molecule has 1 N–H and O–H groups in total. The number of aromatic nitrogens is 2. The highest BCUT2D eigenvalue weighted by atomic mass is 127. The molecule has 0 fully saturated rings. The normalized spacial score (nSPS) is 12.8. The molecule has 0 aliphatic heterocycles. The van der Waals surface area contributed by atoms with Gasteiger partial charge in [-0.15, -0.1) is 0 Å². The van der Waals surface area contributed by atoms with E-state index in [4.69, 9.17) is 0 Å². The number of phenolic OH excluding ortho intramolecular Hbond substituents is 1. The molecule has 18 heavy (non-hydrogen) atoms. The average Bonchev–Trinajstić information content (AvgIpc) is 2.37. The van der Waals surface area contributed by atoms with Gasteiger partial charge in [0.15, 0.2) is 5.75 Å². The Morgan fingerprint density at radius 1 is 1.50 bits per heavy atom. The van der Waals surface area contributed by atoms with E-state index in [0.29, 0.717) is 26.9 Å². The number of fused-ring (bicyclic) bond motifs is 1. The number of hydrogen-bond acceptors (Lipinski definition) is 3. The summed E-state index contributed by atoms with van der Waals surface area (Å²) in [6.45, 7) is 4.85. The summed E-state index contributed by atoms with van der Waals surface area (Å²) in [6.07, 6.45) is 2.54. The van der Waals surface area contributed by atoms with Crippen molar-refractivity contribution in [2.24, 2.45) is 5.92 Å². The lowest BCUT2D eigenvalue weighted by molar-refractivity contribution is 0.456. The molecule has 1 atom stereocenters. The van der Waals surface area contributed by atoms with Gasteiger partial charge >= 0.3 is 0 Å². The number of halogens is 1. The van der Waals surface area contributed by atoms with E-state index in [9.17, 15) is 9.90 Å². The van der Waals surface area contributed by atoms with Gasteiger partial charge in [0.25, 0.3) is 5.56 Å². The summed E-state index contributed by atoms with van der Waals surface area (Å²) in [5.74, 6) is 0.514. The molecule has 0 saturated heterocycles. The molecule has 1 heterocycles. The Balaban J connectivity index is 2.59. The summed E-state index contributed by atoms with van der Waals surface area (Å²) in [7, 11) is 0. The molecule has 0 saturated carbocycles. The zero-order valence-electron chi connectivity index (χ0n) is 10.4. The van der Waals surface area contributed by atoms with Crippen LogP contribution in [0.15, 0.2) is 23.3 Å². The SMILES string of the molecule is CCC(C)Cn1cnc2c(O)c(I)ccc2c1=O. The molecular weight excluding hydrogens is 343 g/mol. The van der Waals surface area contributed by atoms with Crippen LogP contribution >= 0.6 is 22.6 Å². The van der Waals surface area contributed by atoms with Crippen molar-refractivity contribution in [2.75, 3.05) is 0 Å². The number of benzene rings is 1. The second-order valence-electron chi connectivity index (χ2n) is 4.51. The van der Waals surface area contributed by atoms with Gasteiger partial charge < -0.3 is 5.11 Å². The second kappa shape index (κ2) is 5.26. The van der Waals surface area contributed by atoms with Gasteiger partial charge in [0, 0.05) is 6.54 Å². The van der Waals surface area contributed by atoms with E-state index < -0.39 is 0 Å². The Bertz CT molecular complexity index is 637. The number of rotatable bonds is 3. The third-order valence-corrected chi connectivity index (χ3v) is 4.00. The maximum atomic E-state index is 12.3. The number of hydrogen-bond donors (Lipinski definition) is 1. The van der Waals surface area contributed by atoms with Crippen LogP contribution in [0, 0.1) is 9.49 Å². The predicted molar refractivity (Wildman–Crippen MR) is 79.8 cm³/mol.